The zero-order chi connectivity index (χ0) is 13.3. The van der Waals surface area contributed by atoms with Gasteiger partial charge in [0.15, 0.2) is 0 Å². The highest BCUT2D eigenvalue weighted by Crippen LogP contribution is 2.39. The van der Waals surface area contributed by atoms with Crippen LogP contribution in [0.5, 0.6) is 0 Å². The van der Waals surface area contributed by atoms with E-state index in [2.05, 4.69) is 5.32 Å². The first-order valence-electron chi connectivity index (χ1n) is 6.90. The molecule has 1 spiro atoms. The number of nitrogens with zero attached hydrogens (tertiary/aromatic N) is 1. The molecule has 3 nitrogen and oxygen atoms in total. The Morgan fingerprint density at radius 3 is 2.74 bits per heavy atom. The van der Waals surface area contributed by atoms with Gasteiger partial charge in [0.1, 0.15) is 5.82 Å². The molecule has 2 fully saturated rings. The number of carbonyl (C=O) groups excluding carboxylic acids is 1. The maximum absolute atomic E-state index is 13.7. The average molecular weight is 262 g/mol. The summed E-state index contributed by atoms with van der Waals surface area (Å²) >= 11 is 0. The first-order valence-corrected chi connectivity index (χ1v) is 6.90. The molecule has 102 valence electrons. The van der Waals surface area contributed by atoms with Crippen molar-refractivity contribution in [3.63, 3.8) is 0 Å². The number of likely N-dealkylation sites (tertiary alicyclic amines) is 1. The SMILES string of the molecule is O=C1CC2(CCNCC2)CN1Cc1ccccc1F. The van der Waals surface area contributed by atoms with E-state index in [1.807, 2.05) is 11.0 Å². The Hall–Kier alpha value is -1.42. The van der Waals surface area contributed by atoms with Gasteiger partial charge in [-0.25, -0.2) is 4.39 Å². The highest BCUT2D eigenvalue weighted by molar-refractivity contribution is 5.79. The molecule has 0 aliphatic carbocycles. The minimum atomic E-state index is -0.221. The fourth-order valence-corrected chi connectivity index (χ4v) is 3.25. The highest BCUT2D eigenvalue weighted by atomic mass is 19.1. The third kappa shape index (κ3) is 2.50. The molecule has 19 heavy (non-hydrogen) atoms. The first kappa shape index (κ1) is 12.6. The van der Waals surface area contributed by atoms with Crippen LogP contribution < -0.4 is 5.32 Å². The Labute approximate surface area is 112 Å². The summed E-state index contributed by atoms with van der Waals surface area (Å²) in [5.41, 5.74) is 0.745. The summed E-state index contributed by atoms with van der Waals surface area (Å²) in [5.74, 6) is -0.0493. The van der Waals surface area contributed by atoms with Gasteiger partial charge in [-0.15, -0.1) is 0 Å². The number of piperidine rings is 1. The summed E-state index contributed by atoms with van der Waals surface area (Å²) in [6.45, 7) is 3.16. The van der Waals surface area contributed by atoms with Crippen molar-refractivity contribution < 1.29 is 9.18 Å². The molecule has 1 aromatic carbocycles. The van der Waals surface area contributed by atoms with E-state index in [9.17, 15) is 9.18 Å². The van der Waals surface area contributed by atoms with E-state index in [1.54, 1.807) is 12.1 Å². The fraction of sp³-hybridized carbons (Fsp3) is 0.533. The molecule has 2 saturated heterocycles. The lowest BCUT2D eigenvalue weighted by Gasteiger charge is -2.33. The molecule has 0 aromatic heterocycles. The maximum atomic E-state index is 13.7. The molecular formula is C15H19FN2O. The smallest absolute Gasteiger partial charge is 0.223 e. The summed E-state index contributed by atoms with van der Waals surface area (Å²) in [4.78, 5) is 14.0. The molecule has 1 N–H and O–H groups in total. The third-order valence-electron chi connectivity index (χ3n) is 4.39. The number of hydrogen-bond acceptors (Lipinski definition) is 2. The normalized spacial score (nSPS) is 22.2. The van der Waals surface area contributed by atoms with Crippen molar-refractivity contribution in [2.24, 2.45) is 5.41 Å². The Balaban J connectivity index is 1.72. The summed E-state index contributed by atoms with van der Waals surface area (Å²) in [7, 11) is 0. The van der Waals surface area contributed by atoms with E-state index in [4.69, 9.17) is 0 Å². The van der Waals surface area contributed by atoms with Crippen LogP contribution in [0.2, 0.25) is 0 Å². The number of amides is 1. The van der Waals surface area contributed by atoms with Crippen molar-refractivity contribution in [3.05, 3.63) is 35.6 Å². The summed E-state index contributed by atoms with van der Waals surface area (Å²) in [6.07, 6.45) is 2.72. The third-order valence-corrected chi connectivity index (χ3v) is 4.39. The predicted octanol–water partition coefficient (Wildman–Crippen LogP) is 1.93. The summed E-state index contributed by atoms with van der Waals surface area (Å²) < 4.78 is 13.7. The van der Waals surface area contributed by atoms with Gasteiger partial charge >= 0.3 is 0 Å². The van der Waals surface area contributed by atoms with Crippen LogP contribution in [0.1, 0.15) is 24.8 Å². The van der Waals surface area contributed by atoms with E-state index in [-0.39, 0.29) is 17.1 Å². The molecule has 1 aromatic rings. The van der Waals surface area contributed by atoms with Gasteiger partial charge in [-0.2, -0.15) is 0 Å². The quantitative estimate of drug-likeness (QED) is 0.883. The number of hydrogen-bond donors (Lipinski definition) is 1. The lowest BCUT2D eigenvalue weighted by Crippen LogP contribution is -2.38. The lowest BCUT2D eigenvalue weighted by molar-refractivity contribution is -0.128. The number of rotatable bonds is 2. The van der Waals surface area contributed by atoms with Crippen LogP contribution in [-0.2, 0) is 11.3 Å². The van der Waals surface area contributed by atoms with Gasteiger partial charge < -0.3 is 10.2 Å². The monoisotopic (exact) mass is 262 g/mol. The van der Waals surface area contributed by atoms with Crippen LogP contribution in [0, 0.1) is 11.2 Å². The molecule has 2 aliphatic heterocycles. The van der Waals surface area contributed by atoms with Gasteiger partial charge in [-0.3, -0.25) is 4.79 Å². The van der Waals surface area contributed by atoms with Gasteiger partial charge in [0.05, 0.1) is 0 Å². The first-order chi connectivity index (χ1) is 9.19. The average Bonchev–Trinajstić information content (AvgIpc) is 2.69. The van der Waals surface area contributed by atoms with Crippen LogP contribution in [0.3, 0.4) is 0 Å². The van der Waals surface area contributed by atoms with Crippen molar-refractivity contribution in [2.45, 2.75) is 25.8 Å². The van der Waals surface area contributed by atoms with E-state index in [1.165, 1.54) is 6.07 Å². The molecule has 2 heterocycles. The van der Waals surface area contributed by atoms with E-state index < -0.39 is 0 Å². The molecule has 0 atom stereocenters. The van der Waals surface area contributed by atoms with E-state index >= 15 is 0 Å². The Kier molecular flexibility index (Phi) is 3.27. The van der Waals surface area contributed by atoms with Gasteiger partial charge in [0.2, 0.25) is 5.91 Å². The minimum absolute atomic E-state index is 0.133. The minimum Gasteiger partial charge on any atom is -0.338 e. The van der Waals surface area contributed by atoms with Crippen molar-refractivity contribution in [1.29, 1.82) is 0 Å². The summed E-state index contributed by atoms with van der Waals surface area (Å²) in [5, 5.41) is 3.33. The number of carbonyl (C=O) groups is 1. The molecule has 0 unspecified atom stereocenters. The zero-order valence-electron chi connectivity index (χ0n) is 11.0. The number of halogens is 1. The largest absolute Gasteiger partial charge is 0.338 e. The Bertz CT molecular complexity index is 483. The fourth-order valence-electron chi connectivity index (χ4n) is 3.25. The highest BCUT2D eigenvalue weighted by Gasteiger charge is 2.43. The standard InChI is InChI=1S/C15H19FN2O/c16-13-4-2-1-3-12(13)10-18-11-15(9-14(18)19)5-7-17-8-6-15/h1-4,17H,5-11H2. The molecular weight excluding hydrogens is 243 g/mol. The lowest BCUT2D eigenvalue weighted by atomic mass is 9.78. The van der Waals surface area contributed by atoms with Gasteiger partial charge in [-0.05, 0) is 37.4 Å². The van der Waals surface area contributed by atoms with Crippen molar-refractivity contribution in [2.75, 3.05) is 19.6 Å². The second-order valence-electron chi connectivity index (χ2n) is 5.77. The van der Waals surface area contributed by atoms with Crippen molar-refractivity contribution in [3.8, 4) is 0 Å². The molecule has 0 bridgehead atoms. The molecule has 0 saturated carbocycles. The topological polar surface area (TPSA) is 32.3 Å². The second kappa shape index (κ2) is 4.93. The van der Waals surface area contributed by atoms with Crippen molar-refractivity contribution >= 4 is 5.91 Å². The molecule has 4 heteroatoms. The van der Waals surface area contributed by atoms with E-state index in [0.717, 1.165) is 32.5 Å². The molecule has 1 amide bonds. The van der Waals surface area contributed by atoms with Crippen LogP contribution in [0.4, 0.5) is 4.39 Å². The predicted molar refractivity (Wildman–Crippen MR) is 71.0 cm³/mol. The Morgan fingerprint density at radius 1 is 1.26 bits per heavy atom. The Morgan fingerprint density at radius 2 is 2.00 bits per heavy atom. The van der Waals surface area contributed by atoms with Gasteiger partial charge in [0, 0.05) is 25.1 Å². The van der Waals surface area contributed by atoms with Crippen LogP contribution >= 0.6 is 0 Å². The summed E-state index contributed by atoms with van der Waals surface area (Å²) in [6, 6.07) is 6.71. The molecule has 2 aliphatic rings. The van der Waals surface area contributed by atoms with Gasteiger partial charge in [-0.1, -0.05) is 18.2 Å². The van der Waals surface area contributed by atoms with Gasteiger partial charge in [0.25, 0.3) is 0 Å². The van der Waals surface area contributed by atoms with Crippen LogP contribution in [0.15, 0.2) is 24.3 Å². The number of nitrogens with one attached hydrogen (secondary N) is 1. The van der Waals surface area contributed by atoms with Crippen LogP contribution in [0.25, 0.3) is 0 Å². The zero-order valence-corrected chi connectivity index (χ0v) is 11.0. The number of benzene rings is 1. The maximum Gasteiger partial charge on any atom is 0.223 e. The molecule has 0 radical (unpaired) electrons. The van der Waals surface area contributed by atoms with Crippen LogP contribution in [-0.4, -0.2) is 30.4 Å². The van der Waals surface area contributed by atoms with E-state index in [0.29, 0.717) is 18.5 Å². The van der Waals surface area contributed by atoms with Crippen molar-refractivity contribution in [1.82, 2.24) is 10.2 Å². The second-order valence-corrected chi connectivity index (χ2v) is 5.77. The molecule has 3 rings (SSSR count).